The molecule has 1 aliphatic heterocycles. The standard InChI is InChI=1S/C18H28N2O2/c1-13(2)8-14(3)22-7-6-18(21)20-10-15-4-5-16-11-19-12-17(16)9-15/h4-5,9,13-14,19H,6-8,10-12H2,1-3H3,(H,20,21). The summed E-state index contributed by atoms with van der Waals surface area (Å²) in [5.41, 5.74) is 3.87. The van der Waals surface area contributed by atoms with E-state index in [2.05, 4.69) is 49.6 Å². The first-order valence-electron chi connectivity index (χ1n) is 8.24. The molecule has 1 aromatic rings. The Kier molecular flexibility index (Phi) is 6.40. The van der Waals surface area contributed by atoms with Crippen molar-refractivity contribution in [1.29, 1.82) is 0 Å². The Morgan fingerprint density at radius 3 is 2.82 bits per heavy atom. The summed E-state index contributed by atoms with van der Waals surface area (Å²) in [5, 5.41) is 6.29. The highest BCUT2D eigenvalue weighted by Gasteiger charge is 2.11. The van der Waals surface area contributed by atoms with Crippen LogP contribution in [0, 0.1) is 5.92 Å². The van der Waals surface area contributed by atoms with Crippen molar-refractivity contribution >= 4 is 5.91 Å². The lowest BCUT2D eigenvalue weighted by atomic mass is 10.1. The first-order valence-corrected chi connectivity index (χ1v) is 8.24. The fraction of sp³-hybridized carbons (Fsp3) is 0.611. The lowest BCUT2D eigenvalue weighted by molar-refractivity contribution is -0.122. The third-order valence-electron chi connectivity index (χ3n) is 3.93. The van der Waals surface area contributed by atoms with E-state index in [0.717, 1.165) is 25.1 Å². The van der Waals surface area contributed by atoms with Crippen molar-refractivity contribution in [3.05, 3.63) is 34.9 Å². The van der Waals surface area contributed by atoms with Gasteiger partial charge in [0.15, 0.2) is 0 Å². The number of amides is 1. The Morgan fingerprint density at radius 1 is 1.27 bits per heavy atom. The first-order chi connectivity index (χ1) is 10.5. The fourth-order valence-electron chi connectivity index (χ4n) is 2.83. The maximum Gasteiger partial charge on any atom is 0.222 e. The molecule has 2 rings (SSSR count). The van der Waals surface area contributed by atoms with Crippen LogP contribution in [0.5, 0.6) is 0 Å². The molecule has 0 radical (unpaired) electrons. The zero-order chi connectivity index (χ0) is 15.9. The number of rotatable bonds is 8. The average molecular weight is 304 g/mol. The second-order valence-corrected chi connectivity index (χ2v) is 6.54. The Morgan fingerprint density at radius 2 is 2.05 bits per heavy atom. The highest BCUT2D eigenvalue weighted by molar-refractivity contribution is 5.75. The molecule has 0 spiro atoms. The van der Waals surface area contributed by atoms with Gasteiger partial charge in [0.2, 0.25) is 5.91 Å². The number of nitrogens with one attached hydrogen (secondary N) is 2. The van der Waals surface area contributed by atoms with Gasteiger partial charge in [-0.2, -0.15) is 0 Å². The summed E-state index contributed by atoms with van der Waals surface area (Å²) in [5.74, 6) is 0.675. The molecule has 0 aromatic heterocycles. The largest absolute Gasteiger partial charge is 0.378 e. The van der Waals surface area contributed by atoms with Crippen LogP contribution in [0.15, 0.2) is 18.2 Å². The number of benzene rings is 1. The second-order valence-electron chi connectivity index (χ2n) is 6.54. The van der Waals surface area contributed by atoms with Crippen molar-refractivity contribution in [3.63, 3.8) is 0 Å². The molecule has 0 bridgehead atoms. The Hall–Kier alpha value is -1.39. The molecule has 0 fully saturated rings. The normalized spacial score (nSPS) is 14.9. The van der Waals surface area contributed by atoms with Crippen LogP contribution in [0.25, 0.3) is 0 Å². The number of ether oxygens (including phenoxy) is 1. The van der Waals surface area contributed by atoms with Crippen LogP contribution in [-0.2, 0) is 29.2 Å². The Labute approximate surface area is 133 Å². The molecule has 1 amide bonds. The predicted octanol–water partition coefficient (Wildman–Crippen LogP) is 2.75. The summed E-state index contributed by atoms with van der Waals surface area (Å²) in [7, 11) is 0. The van der Waals surface area contributed by atoms with Gasteiger partial charge in [-0.3, -0.25) is 4.79 Å². The molecule has 2 N–H and O–H groups in total. The third kappa shape index (κ3) is 5.43. The van der Waals surface area contributed by atoms with E-state index in [1.54, 1.807) is 0 Å². The smallest absolute Gasteiger partial charge is 0.222 e. The van der Waals surface area contributed by atoms with Crippen molar-refractivity contribution in [1.82, 2.24) is 10.6 Å². The molecule has 4 nitrogen and oxygen atoms in total. The van der Waals surface area contributed by atoms with Crippen LogP contribution >= 0.6 is 0 Å². The number of hydrogen-bond acceptors (Lipinski definition) is 3. The summed E-state index contributed by atoms with van der Waals surface area (Å²) in [4.78, 5) is 11.9. The second kappa shape index (κ2) is 8.30. The van der Waals surface area contributed by atoms with E-state index in [1.165, 1.54) is 11.1 Å². The van der Waals surface area contributed by atoms with Crippen LogP contribution in [0.1, 0.15) is 50.3 Å². The highest BCUT2D eigenvalue weighted by Crippen LogP contribution is 2.16. The van der Waals surface area contributed by atoms with Gasteiger partial charge in [-0.25, -0.2) is 0 Å². The van der Waals surface area contributed by atoms with E-state index in [4.69, 9.17) is 4.74 Å². The van der Waals surface area contributed by atoms with Crippen molar-refractivity contribution in [2.75, 3.05) is 6.61 Å². The van der Waals surface area contributed by atoms with Gasteiger partial charge < -0.3 is 15.4 Å². The number of carbonyl (C=O) groups is 1. The summed E-state index contributed by atoms with van der Waals surface area (Å²) in [6.45, 7) is 9.39. The molecular weight excluding hydrogens is 276 g/mol. The van der Waals surface area contributed by atoms with Crippen LogP contribution in [0.4, 0.5) is 0 Å². The van der Waals surface area contributed by atoms with Gasteiger partial charge in [0.05, 0.1) is 12.7 Å². The minimum absolute atomic E-state index is 0.0513. The summed E-state index contributed by atoms with van der Waals surface area (Å²) < 4.78 is 5.67. The van der Waals surface area contributed by atoms with Crippen molar-refractivity contribution in [2.45, 2.75) is 59.4 Å². The van der Waals surface area contributed by atoms with Gasteiger partial charge in [0.25, 0.3) is 0 Å². The average Bonchev–Trinajstić information content (AvgIpc) is 2.91. The third-order valence-corrected chi connectivity index (χ3v) is 3.93. The molecule has 1 aliphatic rings. The van der Waals surface area contributed by atoms with E-state index < -0.39 is 0 Å². The Balaban J connectivity index is 1.65. The molecule has 1 unspecified atom stereocenters. The molecule has 22 heavy (non-hydrogen) atoms. The quantitative estimate of drug-likeness (QED) is 0.776. The van der Waals surface area contributed by atoms with Gasteiger partial charge in [-0.15, -0.1) is 0 Å². The van der Waals surface area contributed by atoms with Gasteiger partial charge in [0.1, 0.15) is 0 Å². The monoisotopic (exact) mass is 304 g/mol. The van der Waals surface area contributed by atoms with Crippen molar-refractivity contribution < 1.29 is 9.53 Å². The maximum atomic E-state index is 11.9. The number of hydrogen-bond donors (Lipinski definition) is 2. The molecule has 122 valence electrons. The molecule has 1 atom stereocenters. The predicted molar refractivity (Wildman–Crippen MR) is 88.3 cm³/mol. The summed E-state index contributed by atoms with van der Waals surface area (Å²) in [6, 6.07) is 6.41. The zero-order valence-corrected chi connectivity index (χ0v) is 13.9. The van der Waals surface area contributed by atoms with E-state index >= 15 is 0 Å². The van der Waals surface area contributed by atoms with Crippen molar-refractivity contribution in [2.24, 2.45) is 5.92 Å². The molecule has 4 heteroatoms. The molecule has 1 aromatic carbocycles. The molecular formula is C18H28N2O2. The maximum absolute atomic E-state index is 11.9. The molecule has 0 saturated heterocycles. The summed E-state index contributed by atoms with van der Waals surface area (Å²) >= 11 is 0. The van der Waals surface area contributed by atoms with E-state index in [0.29, 0.717) is 25.5 Å². The van der Waals surface area contributed by atoms with Crippen molar-refractivity contribution in [3.8, 4) is 0 Å². The van der Waals surface area contributed by atoms with E-state index in [1.807, 2.05) is 0 Å². The summed E-state index contributed by atoms with van der Waals surface area (Å²) in [6.07, 6.45) is 1.68. The molecule has 1 heterocycles. The SMILES string of the molecule is CC(C)CC(C)OCCC(=O)NCc1ccc2c(c1)CNC2. The minimum Gasteiger partial charge on any atom is -0.378 e. The molecule has 0 saturated carbocycles. The van der Waals surface area contributed by atoms with Crippen LogP contribution in [0.2, 0.25) is 0 Å². The highest BCUT2D eigenvalue weighted by atomic mass is 16.5. The van der Waals surface area contributed by atoms with Crippen LogP contribution in [-0.4, -0.2) is 18.6 Å². The van der Waals surface area contributed by atoms with Gasteiger partial charge >= 0.3 is 0 Å². The van der Waals surface area contributed by atoms with Gasteiger partial charge in [-0.05, 0) is 36.0 Å². The van der Waals surface area contributed by atoms with Crippen LogP contribution in [0.3, 0.4) is 0 Å². The topological polar surface area (TPSA) is 50.4 Å². The van der Waals surface area contributed by atoms with E-state index in [9.17, 15) is 4.79 Å². The molecule has 0 aliphatic carbocycles. The van der Waals surface area contributed by atoms with E-state index in [-0.39, 0.29) is 12.0 Å². The lowest BCUT2D eigenvalue weighted by Crippen LogP contribution is -2.25. The number of carbonyl (C=O) groups excluding carboxylic acids is 1. The number of fused-ring (bicyclic) bond motifs is 1. The first kappa shape index (κ1) is 17.0. The zero-order valence-electron chi connectivity index (χ0n) is 13.9. The van der Waals surface area contributed by atoms with Crippen LogP contribution < -0.4 is 10.6 Å². The van der Waals surface area contributed by atoms with Gasteiger partial charge in [-0.1, -0.05) is 32.0 Å². The Bertz CT molecular complexity index is 500. The van der Waals surface area contributed by atoms with Gasteiger partial charge in [0, 0.05) is 26.1 Å². The fourth-order valence-corrected chi connectivity index (χ4v) is 2.83. The minimum atomic E-state index is 0.0513. The lowest BCUT2D eigenvalue weighted by Gasteiger charge is -2.15.